The Morgan fingerprint density at radius 1 is 0.839 bits per heavy atom. The Labute approximate surface area is 185 Å². The van der Waals surface area contributed by atoms with Crippen LogP contribution in [0.3, 0.4) is 0 Å². The molecule has 0 spiro atoms. The highest BCUT2D eigenvalue weighted by molar-refractivity contribution is 6.35. The lowest BCUT2D eigenvalue weighted by Gasteiger charge is -2.37. The molecule has 4 rings (SSSR count). The second kappa shape index (κ2) is 8.33. The van der Waals surface area contributed by atoms with Crippen molar-refractivity contribution in [1.82, 2.24) is 9.80 Å². The van der Waals surface area contributed by atoms with Crippen LogP contribution in [0, 0.1) is 32.6 Å². The lowest BCUT2D eigenvalue weighted by molar-refractivity contribution is -0.138. The fourth-order valence-corrected chi connectivity index (χ4v) is 5.06. The van der Waals surface area contributed by atoms with Crippen molar-refractivity contribution in [3.8, 4) is 0 Å². The predicted molar refractivity (Wildman–Crippen MR) is 124 cm³/mol. The zero-order chi connectivity index (χ0) is 22.3. The Kier molecular flexibility index (Phi) is 5.74. The van der Waals surface area contributed by atoms with E-state index < -0.39 is 0 Å². The van der Waals surface area contributed by atoms with Crippen LogP contribution in [0.2, 0.25) is 0 Å². The van der Waals surface area contributed by atoms with E-state index >= 15 is 0 Å². The summed E-state index contributed by atoms with van der Waals surface area (Å²) >= 11 is 0. The van der Waals surface area contributed by atoms with Crippen molar-refractivity contribution in [3.63, 3.8) is 0 Å². The van der Waals surface area contributed by atoms with Gasteiger partial charge in [0, 0.05) is 13.1 Å². The van der Waals surface area contributed by atoms with E-state index in [1.54, 1.807) is 0 Å². The molecule has 2 aliphatic heterocycles. The third kappa shape index (κ3) is 4.16. The average Bonchev–Trinajstić information content (AvgIpc) is 2.93. The van der Waals surface area contributed by atoms with E-state index in [4.69, 9.17) is 0 Å². The molecule has 2 aromatic rings. The average molecular weight is 417 g/mol. The first-order valence-corrected chi connectivity index (χ1v) is 11.2. The third-order valence-electron chi connectivity index (χ3n) is 6.44. The lowest BCUT2D eigenvalue weighted by atomic mass is 9.90. The molecular formula is C27H32N2O2. The summed E-state index contributed by atoms with van der Waals surface area (Å²) in [6, 6.07) is 14.1. The summed E-state index contributed by atoms with van der Waals surface area (Å²) in [5.74, 6) is 0.636. The molecule has 2 amide bonds. The largest absolute Gasteiger partial charge is 0.366 e. The van der Waals surface area contributed by atoms with E-state index in [-0.39, 0.29) is 11.8 Å². The molecule has 4 nitrogen and oxygen atoms in total. The fraction of sp³-hybridized carbons (Fsp3) is 0.407. The Hall–Kier alpha value is -2.88. The predicted octanol–water partition coefficient (Wildman–Crippen LogP) is 4.87. The summed E-state index contributed by atoms with van der Waals surface area (Å²) in [5, 5.41) is 0. The Bertz CT molecular complexity index is 1040. The second-order valence-corrected chi connectivity index (χ2v) is 9.58. The number of likely N-dealkylation sites (tertiary alicyclic amines) is 1. The molecule has 0 aromatic heterocycles. The van der Waals surface area contributed by atoms with Gasteiger partial charge in [0.2, 0.25) is 0 Å². The van der Waals surface area contributed by atoms with Gasteiger partial charge in [0.05, 0.1) is 12.1 Å². The van der Waals surface area contributed by atoms with Crippen LogP contribution in [0.1, 0.15) is 48.1 Å². The van der Waals surface area contributed by atoms with Crippen LogP contribution in [0.4, 0.5) is 0 Å². The summed E-state index contributed by atoms with van der Waals surface area (Å²) in [6.07, 6.45) is 1.15. The van der Waals surface area contributed by atoms with E-state index in [0.717, 1.165) is 47.3 Å². The van der Waals surface area contributed by atoms with Gasteiger partial charge in [-0.1, -0.05) is 67.4 Å². The van der Waals surface area contributed by atoms with Gasteiger partial charge >= 0.3 is 0 Å². The molecule has 0 saturated carbocycles. The summed E-state index contributed by atoms with van der Waals surface area (Å²) in [5.41, 5.74) is 6.33. The van der Waals surface area contributed by atoms with Crippen LogP contribution < -0.4 is 0 Å². The summed E-state index contributed by atoms with van der Waals surface area (Å²) in [7, 11) is 0. The molecule has 2 aliphatic rings. The van der Waals surface area contributed by atoms with Gasteiger partial charge in [-0.05, 0) is 55.7 Å². The number of rotatable bonds is 4. The number of nitrogens with zero attached hydrogens (tertiary/aromatic N) is 2. The number of amides is 2. The zero-order valence-corrected chi connectivity index (χ0v) is 19.2. The van der Waals surface area contributed by atoms with Crippen molar-refractivity contribution in [2.75, 3.05) is 13.1 Å². The highest BCUT2D eigenvalue weighted by atomic mass is 16.2. The molecule has 0 aliphatic carbocycles. The number of aryl methyl sites for hydroxylation is 3. The van der Waals surface area contributed by atoms with Crippen molar-refractivity contribution >= 4 is 17.4 Å². The molecule has 2 atom stereocenters. The van der Waals surface area contributed by atoms with Crippen molar-refractivity contribution in [1.29, 1.82) is 0 Å². The molecule has 0 N–H and O–H groups in total. The van der Waals surface area contributed by atoms with Gasteiger partial charge in [-0.3, -0.25) is 14.5 Å². The molecule has 2 heterocycles. The number of imide groups is 1. The molecular weight excluding hydrogens is 384 g/mol. The Morgan fingerprint density at radius 3 is 2.06 bits per heavy atom. The highest BCUT2D eigenvalue weighted by Crippen LogP contribution is 2.37. The number of hydrogen-bond acceptors (Lipinski definition) is 3. The Morgan fingerprint density at radius 2 is 1.45 bits per heavy atom. The Balaban J connectivity index is 1.78. The standard InChI is InChI=1S/C27H32N2O2/c1-17-6-9-22(10-7-17)16-29-26(30)24(23-11-8-18(2)13-21(23)5)25(27(29)31)28-14-19(3)12-20(4)15-28/h6-11,13,19-20H,12,14-16H2,1-5H3. The van der Waals surface area contributed by atoms with Crippen molar-refractivity contribution in [2.24, 2.45) is 11.8 Å². The molecule has 4 heteroatoms. The molecule has 0 bridgehead atoms. The first-order chi connectivity index (χ1) is 14.7. The van der Waals surface area contributed by atoms with Crippen LogP contribution in [-0.2, 0) is 16.1 Å². The molecule has 2 unspecified atom stereocenters. The first kappa shape index (κ1) is 21.4. The van der Waals surface area contributed by atoms with Crippen molar-refractivity contribution < 1.29 is 9.59 Å². The van der Waals surface area contributed by atoms with Crippen LogP contribution >= 0.6 is 0 Å². The van der Waals surface area contributed by atoms with Gasteiger partial charge in [-0.25, -0.2) is 0 Å². The van der Waals surface area contributed by atoms with Crippen molar-refractivity contribution in [3.05, 3.63) is 76.0 Å². The highest BCUT2D eigenvalue weighted by Gasteiger charge is 2.43. The zero-order valence-electron chi connectivity index (χ0n) is 19.2. The van der Waals surface area contributed by atoms with Gasteiger partial charge in [-0.2, -0.15) is 0 Å². The number of carbonyl (C=O) groups is 2. The molecule has 1 saturated heterocycles. The molecule has 2 aromatic carbocycles. The van der Waals surface area contributed by atoms with E-state index in [0.29, 0.717) is 29.7 Å². The van der Waals surface area contributed by atoms with Crippen LogP contribution in [-0.4, -0.2) is 34.7 Å². The maximum atomic E-state index is 13.7. The minimum atomic E-state index is -0.182. The summed E-state index contributed by atoms with van der Waals surface area (Å²) < 4.78 is 0. The van der Waals surface area contributed by atoms with Crippen LogP contribution in [0.15, 0.2) is 48.2 Å². The minimum absolute atomic E-state index is 0.165. The topological polar surface area (TPSA) is 40.6 Å². The first-order valence-electron chi connectivity index (χ1n) is 11.2. The van der Waals surface area contributed by atoms with E-state index in [2.05, 4.69) is 24.8 Å². The van der Waals surface area contributed by atoms with Gasteiger partial charge in [0.1, 0.15) is 5.70 Å². The monoisotopic (exact) mass is 416 g/mol. The number of hydrogen-bond donors (Lipinski definition) is 0. The lowest BCUT2D eigenvalue weighted by Crippen LogP contribution is -2.41. The number of benzene rings is 2. The van der Waals surface area contributed by atoms with Crippen molar-refractivity contribution in [2.45, 2.75) is 47.6 Å². The molecule has 1 fully saturated rings. The smallest absolute Gasteiger partial charge is 0.278 e. The molecule has 31 heavy (non-hydrogen) atoms. The fourth-order valence-electron chi connectivity index (χ4n) is 5.06. The third-order valence-corrected chi connectivity index (χ3v) is 6.44. The number of carbonyl (C=O) groups excluding carboxylic acids is 2. The summed E-state index contributed by atoms with van der Waals surface area (Å²) in [4.78, 5) is 30.9. The molecule has 0 radical (unpaired) electrons. The van der Waals surface area contributed by atoms with E-state index in [1.807, 2.05) is 57.2 Å². The second-order valence-electron chi connectivity index (χ2n) is 9.58. The van der Waals surface area contributed by atoms with Crippen LogP contribution in [0.5, 0.6) is 0 Å². The molecule has 162 valence electrons. The normalized spacial score (nSPS) is 22.0. The maximum absolute atomic E-state index is 13.7. The quantitative estimate of drug-likeness (QED) is 0.668. The summed E-state index contributed by atoms with van der Waals surface area (Å²) in [6.45, 7) is 12.5. The van der Waals surface area contributed by atoms with Gasteiger partial charge in [0.25, 0.3) is 11.8 Å². The number of piperidine rings is 1. The van der Waals surface area contributed by atoms with Crippen LogP contribution in [0.25, 0.3) is 5.57 Å². The van der Waals surface area contributed by atoms with Gasteiger partial charge in [-0.15, -0.1) is 0 Å². The maximum Gasteiger partial charge on any atom is 0.278 e. The minimum Gasteiger partial charge on any atom is -0.366 e. The SMILES string of the molecule is Cc1ccc(CN2C(=O)C(c3ccc(C)cc3C)=C(N3CC(C)CC(C)C3)C2=O)cc1. The van der Waals surface area contributed by atoms with Gasteiger partial charge < -0.3 is 4.90 Å². The van der Waals surface area contributed by atoms with Gasteiger partial charge in [0.15, 0.2) is 0 Å². The van der Waals surface area contributed by atoms with E-state index in [9.17, 15) is 9.59 Å². The van der Waals surface area contributed by atoms with E-state index in [1.165, 1.54) is 4.90 Å².